The maximum Gasteiger partial charge on any atom is 0.295 e. The van der Waals surface area contributed by atoms with Gasteiger partial charge in [0.25, 0.3) is 11.7 Å². The van der Waals surface area contributed by atoms with E-state index in [2.05, 4.69) is 0 Å². The molecule has 3 aromatic carbocycles. The zero-order chi connectivity index (χ0) is 25.4. The third-order valence-corrected chi connectivity index (χ3v) is 6.50. The van der Waals surface area contributed by atoms with Crippen molar-refractivity contribution in [2.75, 3.05) is 6.61 Å². The summed E-state index contributed by atoms with van der Waals surface area (Å²) in [4.78, 5) is 28.1. The summed E-state index contributed by atoms with van der Waals surface area (Å²) in [6, 6.07) is 18.5. The molecule has 1 amide bonds. The van der Waals surface area contributed by atoms with E-state index >= 15 is 0 Å². The Morgan fingerprint density at radius 1 is 1.08 bits per heavy atom. The van der Waals surface area contributed by atoms with E-state index in [1.807, 2.05) is 37.3 Å². The monoisotopic (exact) mass is 485 g/mol. The standard InChI is InChI=1S/C29H27NO6/c1-3-35-24-15-19(9-11-22(24)31)26-25(27(32)20-10-12-23-21(14-20)13-17(2)36-23)28(33)29(34)30(26)16-18-7-5-4-6-8-18/h4-12,14-15,17,26,31-32H,3,13,16H2,1-2H3/b27-25+/t17-,26+/m1/s1. The van der Waals surface area contributed by atoms with Gasteiger partial charge < -0.3 is 24.6 Å². The van der Waals surface area contributed by atoms with E-state index in [0.717, 1.165) is 16.9 Å². The summed E-state index contributed by atoms with van der Waals surface area (Å²) in [7, 11) is 0. The van der Waals surface area contributed by atoms with Crippen LogP contribution in [0.2, 0.25) is 0 Å². The second-order valence-corrected chi connectivity index (χ2v) is 9.03. The van der Waals surface area contributed by atoms with Crippen LogP contribution in [-0.4, -0.2) is 39.5 Å². The van der Waals surface area contributed by atoms with Crippen LogP contribution in [0.1, 0.15) is 42.1 Å². The number of carbonyl (C=O) groups excluding carboxylic acids is 2. The molecule has 1 fully saturated rings. The number of fused-ring (bicyclic) bond motifs is 1. The van der Waals surface area contributed by atoms with Gasteiger partial charge in [0.15, 0.2) is 11.5 Å². The van der Waals surface area contributed by atoms with Crippen LogP contribution in [0.4, 0.5) is 0 Å². The zero-order valence-corrected chi connectivity index (χ0v) is 20.1. The van der Waals surface area contributed by atoms with Gasteiger partial charge in [-0.2, -0.15) is 0 Å². The SMILES string of the molecule is CCOc1cc([C@H]2/C(=C(\O)c3ccc4c(c3)C[C@@H](C)O4)C(=O)C(=O)N2Cc2ccccc2)ccc1O. The fourth-order valence-electron chi connectivity index (χ4n) is 4.87. The minimum Gasteiger partial charge on any atom is -0.507 e. The number of aliphatic hydroxyl groups excluding tert-OH is 1. The number of phenols is 1. The number of rotatable bonds is 6. The van der Waals surface area contributed by atoms with E-state index in [-0.39, 0.29) is 35.5 Å². The van der Waals surface area contributed by atoms with Crippen molar-refractivity contribution in [1.82, 2.24) is 4.90 Å². The average Bonchev–Trinajstić information content (AvgIpc) is 3.37. The molecule has 2 aliphatic rings. The zero-order valence-electron chi connectivity index (χ0n) is 20.1. The highest BCUT2D eigenvalue weighted by atomic mass is 16.5. The molecular weight excluding hydrogens is 458 g/mol. The molecule has 2 aliphatic heterocycles. The van der Waals surface area contributed by atoms with E-state index < -0.39 is 17.7 Å². The number of hydrogen-bond acceptors (Lipinski definition) is 6. The fourth-order valence-corrected chi connectivity index (χ4v) is 4.87. The molecule has 2 N–H and O–H groups in total. The van der Waals surface area contributed by atoms with Gasteiger partial charge in [-0.1, -0.05) is 36.4 Å². The van der Waals surface area contributed by atoms with Crippen molar-refractivity contribution in [1.29, 1.82) is 0 Å². The number of nitrogens with zero attached hydrogens (tertiary/aromatic N) is 1. The maximum atomic E-state index is 13.4. The van der Waals surface area contributed by atoms with E-state index in [1.165, 1.54) is 11.0 Å². The number of ketones is 1. The number of likely N-dealkylation sites (tertiary alicyclic amines) is 1. The Kier molecular flexibility index (Phi) is 6.14. The first-order valence-corrected chi connectivity index (χ1v) is 12.0. The molecule has 5 rings (SSSR count). The van der Waals surface area contributed by atoms with Crippen LogP contribution in [0.15, 0.2) is 72.3 Å². The Labute approximate surface area is 209 Å². The van der Waals surface area contributed by atoms with Crippen LogP contribution in [0.5, 0.6) is 17.2 Å². The molecule has 0 aliphatic carbocycles. The Bertz CT molecular complexity index is 1360. The van der Waals surface area contributed by atoms with Crippen molar-refractivity contribution < 1.29 is 29.3 Å². The maximum absolute atomic E-state index is 13.4. The number of benzene rings is 3. The van der Waals surface area contributed by atoms with Gasteiger partial charge >= 0.3 is 0 Å². The van der Waals surface area contributed by atoms with Crippen LogP contribution < -0.4 is 9.47 Å². The summed E-state index contributed by atoms with van der Waals surface area (Å²) in [5, 5.41) is 21.6. The van der Waals surface area contributed by atoms with Gasteiger partial charge in [0, 0.05) is 18.5 Å². The number of amides is 1. The lowest BCUT2D eigenvalue weighted by Crippen LogP contribution is -2.29. The second-order valence-electron chi connectivity index (χ2n) is 9.03. The minimum atomic E-state index is -0.867. The van der Waals surface area contributed by atoms with Gasteiger partial charge in [-0.25, -0.2) is 0 Å². The molecule has 2 atom stereocenters. The second kappa shape index (κ2) is 9.41. The van der Waals surface area contributed by atoms with Gasteiger partial charge in [0.2, 0.25) is 0 Å². The Hall–Kier alpha value is -4.26. The smallest absolute Gasteiger partial charge is 0.295 e. The summed E-state index contributed by atoms with van der Waals surface area (Å²) in [6.45, 7) is 4.27. The first-order valence-electron chi connectivity index (χ1n) is 12.0. The molecule has 2 heterocycles. The number of hydrogen-bond donors (Lipinski definition) is 2. The van der Waals surface area contributed by atoms with Crippen molar-refractivity contribution in [3.8, 4) is 17.2 Å². The summed E-state index contributed by atoms with van der Waals surface area (Å²) < 4.78 is 11.3. The van der Waals surface area contributed by atoms with E-state index in [0.29, 0.717) is 24.2 Å². The summed E-state index contributed by atoms with van der Waals surface area (Å²) in [6.07, 6.45) is 0.723. The molecule has 3 aromatic rings. The Morgan fingerprint density at radius 3 is 2.61 bits per heavy atom. The normalized spacial score (nSPS) is 20.3. The highest BCUT2D eigenvalue weighted by Gasteiger charge is 2.46. The summed E-state index contributed by atoms with van der Waals surface area (Å²) in [5.41, 5.74) is 2.77. The summed E-state index contributed by atoms with van der Waals surface area (Å²) >= 11 is 0. The van der Waals surface area contributed by atoms with Crippen LogP contribution in [-0.2, 0) is 22.6 Å². The van der Waals surface area contributed by atoms with Gasteiger partial charge in [-0.3, -0.25) is 9.59 Å². The highest BCUT2D eigenvalue weighted by Crippen LogP contribution is 2.43. The molecule has 0 aromatic heterocycles. The van der Waals surface area contributed by atoms with Crippen molar-refractivity contribution in [3.63, 3.8) is 0 Å². The molecule has 36 heavy (non-hydrogen) atoms. The molecule has 0 bridgehead atoms. The van der Waals surface area contributed by atoms with Crippen molar-refractivity contribution in [3.05, 3.63) is 94.6 Å². The molecule has 1 saturated heterocycles. The fraction of sp³-hybridized carbons (Fsp3) is 0.241. The largest absolute Gasteiger partial charge is 0.507 e. The first-order chi connectivity index (χ1) is 17.4. The molecule has 184 valence electrons. The van der Waals surface area contributed by atoms with Crippen LogP contribution in [0.3, 0.4) is 0 Å². The number of aromatic hydroxyl groups is 1. The Morgan fingerprint density at radius 2 is 1.86 bits per heavy atom. The van der Waals surface area contributed by atoms with Crippen LogP contribution in [0, 0.1) is 0 Å². The van der Waals surface area contributed by atoms with Crippen molar-refractivity contribution >= 4 is 17.4 Å². The first kappa shape index (κ1) is 23.5. The van der Waals surface area contributed by atoms with Crippen LogP contribution >= 0.6 is 0 Å². The molecule has 0 spiro atoms. The number of aliphatic hydroxyl groups is 1. The van der Waals surface area contributed by atoms with E-state index in [4.69, 9.17) is 9.47 Å². The quantitative estimate of drug-likeness (QED) is 0.298. The summed E-state index contributed by atoms with van der Waals surface area (Å²) in [5.74, 6) is -0.765. The highest BCUT2D eigenvalue weighted by molar-refractivity contribution is 6.46. The van der Waals surface area contributed by atoms with E-state index in [1.54, 1.807) is 37.3 Å². The lowest BCUT2D eigenvalue weighted by molar-refractivity contribution is -0.140. The van der Waals surface area contributed by atoms with Gasteiger partial charge in [-0.05, 0) is 60.9 Å². The average molecular weight is 486 g/mol. The van der Waals surface area contributed by atoms with Crippen molar-refractivity contribution in [2.45, 2.75) is 39.0 Å². The minimum absolute atomic E-state index is 0.00372. The lowest BCUT2D eigenvalue weighted by atomic mass is 9.94. The molecule has 0 unspecified atom stereocenters. The number of ether oxygens (including phenoxy) is 2. The topological polar surface area (TPSA) is 96.3 Å². The number of phenolic OH excluding ortho intramolecular Hbond substituents is 1. The Balaban J connectivity index is 1.65. The third-order valence-electron chi connectivity index (χ3n) is 6.50. The molecular formula is C29H27NO6. The van der Waals surface area contributed by atoms with E-state index in [9.17, 15) is 19.8 Å². The van der Waals surface area contributed by atoms with Gasteiger partial charge in [-0.15, -0.1) is 0 Å². The van der Waals surface area contributed by atoms with Gasteiger partial charge in [0.1, 0.15) is 17.6 Å². The predicted octanol–water partition coefficient (Wildman–Crippen LogP) is 4.74. The number of carbonyl (C=O) groups is 2. The predicted molar refractivity (Wildman–Crippen MR) is 134 cm³/mol. The number of Topliss-reactive ketones (excluding diaryl/α,β-unsaturated/α-hetero) is 1. The lowest BCUT2D eigenvalue weighted by Gasteiger charge is -2.26. The van der Waals surface area contributed by atoms with Crippen LogP contribution in [0.25, 0.3) is 5.76 Å². The third kappa shape index (κ3) is 4.17. The molecule has 7 heteroatoms. The molecule has 0 saturated carbocycles. The van der Waals surface area contributed by atoms with Gasteiger partial charge in [0.05, 0.1) is 18.2 Å². The molecule has 7 nitrogen and oxygen atoms in total. The van der Waals surface area contributed by atoms with Crippen molar-refractivity contribution in [2.24, 2.45) is 0 Å². The molecule has 0 radical (unpaired) electrons.